The van der Waals surface area contributed by atoms with E-state index in [9.17, 15) is 9.59 Å². The number of carbonyl (C=O) groups is 2. The minimum absolute atomic E-state index is 0.0685. The number of benzene rings is 3. The van der Waals surface area contributed by atoms with E-state index in [0.29, 0.717) is 39.8 Å². The molecule has 0 atom stereocenters. The molecule has 4 aromatic rings. The van der Waals surface area contributed by atoms with Gasteiger partial charge in [0.15, 0.2) is 10.9 Å². The summed E-state index contributed by atoms with van der Waals surface area (Å²) in [4.78, 5) is 25.4. The first-order valence-electron chi connectivity index (χ1n) is 10.7. The van der Waals surface area contributed by atoms with Gasteiger partial charge < -0.3 is 29.3 Å². The number of hydrogen-bond donors (Lipinski definition) is 3. The third-order valence-electron chi connectivity index (χ3n) is 5.24. The summed E-state index contributed by atoms with van der Waals surface area (Å²) >= 11 is 5.29. The van der Waals surface area contributed by atoms with E-state index < -0.39 is 11.8 Å². The lowest BCUT2D eigenvalue weighted by molar-refractivity contribution is 0.0972. The summed E-state index contributed by atoms with van der Waals surface area (Å²) in [7, 11) is 4.46. The van der Waals surface area contributed by atoms with Crippen LogP contribution in [0.3, 0.4) is 0 Å². The predicted molar refractivity (Wildman–Crippen MR) is 140 cm³/mol. The molecule has 0 unspecified atom stereocenters. The first-order valence-corrected chi connectivity index (χ1v) is 11.1. The molecule has 0 spiro atoms. The minimum Gasteiger partial charge on any atom is -0.497 e. The molecule has 0 aliphatic heterocycles. The molecule has 0 aliphatic carbocycles. The number of carbonyl (C=O) groups excluding carboxylic acids is 2. The number of anilines is 2. The highest BCUT2D eigenvalue weighted by Crippen LogP contribution is 2.29. The highest BCUT2D eigenvalue weighted by atomic mass is 32.1. The van der Waals surface area contributed by atoms with Crippen LogP contribution in [0.4, 0.5) is 11.4 Å². The van der Waals surface area contributed by atoms with Gasteiger partial charge in [0.25, 0.3) is 11.8 Å². The molecule has 0 fully saturated rings. The molecule has 0 bridgehead atoms. The number of para-hydroxylation sites is 1. The molecular formula is C26H23N3O6S. The Bertz CT molecular complexity index is 1420. The van der Waals surface area contributed by atoms with Crippen LogP contribution in [-0.4, -0.2) is 38.3 Å². The van der Waals surface area contributed by atoms with Gasteiger partial charge in [0.1, 0.15) is 22.8 Å². The highest BCUT2D eigenvalue weighted by molar-refractivity contribution is 7.80. The maximum atomic E-state index is 12.7. The van der Waals surface area contributed by atoms with E-state index in [4.69, 9.17) is 30.8 Å². The smallest absolute Gasteiger partial charge is 0.291 e. The van der Waals surface area contributed by atoms with Crippen molar-refractivity contribution in [1.29, 1.82) is 0 Å². The molecule has 2 amide bonds. The van der Waals surface area contributed by atoms with Crippen molar-refractivity contribution in [2.75, 3.05) is 32.0 Å². The SMILES string of the molecule is COc1ccc(C(=O)NC(=S)Nc2ccc(NC(=O)c3cc4ccccc4o3)c(OC)c2)c(OC)c1. The van der Waals surface area contributed by atoms with Crippen molar-refractivity contribution in [3.8, 4) is 17.2 Å². The van der Waals surface area contributed by atoms with Crippen LogP contribution in [0.1, 0.15) is 20.9 Å². The van der Waals surface area contributed by atoms with E-state index in [2.05, 4.69) is 16.0 Å². The summed E-state index contributed by atoms with van der Waals surface area (Å²) in [6.45, 7) is 0. The topological polar surface area (TPSA) is 111 Å². The van der Waals surface area contributed by atoms with Gasteiger partial charge in [-0.15, -0.1) is 0 Å². The predicted octanol–water partition coefficient (Wildman–Crippen LogP) is 4.84. The van der Waals surface area contributed by atoms with Crippen LogP contribution < -0.4 is 30.2 Å². The lowest BCUT2D eigenvalue weighted by atomic mass is 10.2. The maximum absolute atomic E-state index is 12.7. The van der Waals surface area contributed by atoms with Gasteiger partial charge in [-0.1, -0.05) is 18.2 Å². The average molecular weight is 506 g/mol. The number of ether oxygens (including phenoxy) is 3. The van der Waals surface area contributed by atoms with Crippen LogP contribution in [0, 0.1) is 0 Å². The van der Waals surface area contributed by atoms with Gasteiger partial charge in [-0.25, -0.2) is 0 Å². The number of nitrogens with one attached hydrogen (secondary N) is 3. The van der Waals surface area contributed by atoms with Crippen molar-refractivity contribution in [2.24, 2.45) is 0 Å². The van der Waals surface area contributed by atoms with Crippen LogP contribution in [0.2, 0.25) is 0 Å². The Kier molecular flexibility index (Phi) is 7.36. The molecule has 0 saturated heterocycles. The molecule has 0 saturated carbocycles. The summed E-state index contributed by atoms with van der Waals surface area (Å²) in [6.07, 6.45) is 0. The van der Waals surface area contributed by atoms with Gasteiger partial charge in [-0.05, 0) is 48.6 Å². The number of furan rings is 1. The zero-order valence-electron chi connectivity index (χ0n) is 19.7. The molecule has 3 aromatic carbocycles. The Morgan fingerprint density at radius 2 is 1.58 bits per heavy atom. The van der Waals surface area contributed by atoms with Gasteiger partial charge in [0.2, 0.25) is 0 Å². The summed E-state index contributed by atoms with van der Waals surface area (Å²) in [5.74, 6) is 0.605. The lowest BCUT2D eigenvalue weighted by Gasteiger charge is -2.14. The molecule has 9 nitrogen and oxygen atoms in total. The summed E-state index contributed by atoms with van der Waals surface area (Å²) in [5, 5.41) is 9.22. The van der Waals surface area contributed by atoms with E-state index in [1.165, 1.54) is 21.3 Å². The van der Waals surface area contributed by atoms with Crippen molar-refractivity contribution < 1.29 is 28.2 Å². The number of thiocarbonyl (C=S) groups is 1. The van der Waals surface area contributed by atoms with Crippen LogP contribution in [0.25, 0.3) is 11.0 Å². The van der Waals surface area contributed by atoms with Crippen molar-refractivity contribution in [3.05, 3.63) is 78.1 Å². The fourth-order valence-corrected chi connectivity index (χ4v) is 3.68. The minimum atomic E-state index is -0.450. The monoisotopic (exact) mass is 505 g/mol. The van der Waals surface area contributed by atoms with Crippen LogP contribution in [0.15, 0.2) is 71.1 Å². The second-order valence-corrected chi connectivity index (χ2v) is 7.90. The van der Waals surface area contributed by atoms with Gasteiger partial charge in [0.05, 0.1) is 32.6 Å². The molecule has 184 valence electrons. The fourth-order valence-electron chi connectivity index (χ4n) is 3.47. The van der Waals surface area contributed by atoms with Crippen molar-refractivity contribution in [3.63, 3.8) is 0 Å². The van der Waals surface area contributed by atoms with E-state index in [1.807, 2.05) is 18.2 Å². The molecule has 0 aliphatic rings. The average Bonchev–Trinajstić information content (AvgIpc) is 3.33. The van der Waals surface area contributed by atoms with Crippen molar-refractivity contribution in [2.45, 2.75) is 0 Å². The summed E-state index contributed by atoms with van der Waals surface area (Å²) in [5.41, 5.74) is 1.90. The zero-order valence-corrected chi connectivity index (χ0v) is 20.5. The molecule has 36 heavy (non-hydrogen) atoms. The highest BCUT2D eigenvalue weighted by Gasteiger charge is 2.17. The van der Waals surface area contributed by atoms with Crippen molar-refractivity contribution in [1.82, 2.24) is 5.32 Å². The molecule has 1 heterocycles. The largest absolute Gasteiger partial charge is 0.497 e. The van der Waals surface area contributed by atoms with Crippen LogP contribution in [-0.2, 0) is 0 Å². The van der Waals surface area contributed by atoms with E-state index >= 15 is 0 Å². The summed E-state index contributed by atoms with van der Waals surface area (Å²) in [6, 6.07) is 18.8. The normalized spacial score (nSPS) is 10.4. The van der Waals surface area contributed by atoms with E-state index in [-0.39, 0.29) is 10.9 Å². The number of methoxy groups -OCH3 is 3. The lowest BCUT2D eigenvalue weighted by Crippen LogP contribution is -2.34. The van der Waals surface area contributed by atoms with Crippen molar-refractivity contribution >= 4 is 51.5 Å². The molecular weight excluding hydrogens is 482 g/mol. The van der Waals surface area contributed by atoms with Gasteiger partial charge in [-0.2, -0.15) is 0 Å². The Balaban J connectivity index is 1.43. The molecule has 4 rings (SSSR count). The number of amides is 2. The first kappa shape index (κ1) is 24.6. The third-order valence-corrected chi connectivity index (χ3v) is 5.44. The summed E-state index contributed by atoms with van der Waals surface area (Å²) < 4.78 is 21.5. The fraction of sp³-hybridized carbons (Fsp3) is 0.115. The standard InChI is InChI=1S/C26H23N3O6S/c1-32-17-9-10-18(21(14-17)33-2)24(30)29-26(36)27-16-8-11-19(22(13-16)34-3)28-25(31)23-12-15-6-4-5-7-20(15)35-23/h4-14H,1-3H3,(H,28,31)(H2,27,29,30,36). The van der Waals surface area contributed by atoms with Gasteiger partial charge in [-0.3, -0.25) is 14.9 Å². The second-order valence-electron chi connectivity index (χ2n) is 7.49. The molecule has 0 radical (unpaired) electrons. The Labute approximate surface area is 212 Å². The van der Waals surface area contributed by atoms with Gasteiger partial charge >= 0.3 is 0 Å². The zero-order chi connectivity index (χ0) is 25.7. The second kappa shape index (κ2) is 10.8. The van der Waals surface area contributed by atoms with E-state index in [0.717, 1.165) is 5.39 Å². The third kappa shape index (κ3) is 5.39. The maximum Gasteiger partial charge on any atom is 0.291 e. The Morgan fingerprint density at radius 3 is 2.31 bits per heavy atom. The molecule has 10 heteroatoms. The van der Waals surface area contributed by atoms with Gasteiger partial charge in [0, 0.05) is 23.2 Å². The molecule has 1 aromatic heterocycles. The Morgan fingerprint density at radius 1 is 0.806 bits per heavy atom. The number of fused-ring (bicyclic) bond motifs is 1. The Hall–Kier alpha value is -4.57. The first-order chi connectivity index (χ1) is 17.4. The van der Waals surface area contributed by atoms with Crippen LogP contribution in [0.5, 0.6) is 17.2 Å². The number of rotatable bonds is 7. The molecule has 3 N–H and O–H groups in total. The number of hydrogen-bond acceptors (Lipinski definition) is 7. The van der Waals surface area contributed by atoms with E-state index in [1.54, 1.807) is 48.5 Å². The van der Waals surface area contributed by atoms with Crippen LogP contribution >= 0.6 is 12.2 Å². The quantitative estimate of drug-likeness (QED) is 0.306.